The first-order chi connectivity index (χ1) is 19.3. The Morgan fingerprint density at radius 2 is 1.21 bits per heavy atom. The number of hydrogen-bond donors (Lipinski definition) is 0. The van der Waals surface area contributed by atoms with Crippen LogP contribution in [0.1, 0.15) is 0 Å². The third-order valence-corrected chi connectivity index (χ3v) is 8.92. The molecule has 0 amide bonds. The van der Waals surface area contributed by atoms with E-state index >= 15 is 0 Å². The number of ether oxygens (including phenoxy) is 1. The van der Waals surface area contributed by atoms with Crippen molar-refractivity contribution in [2.24, 2.45) is 0 Å². The van der Waals surface area contributed by atoms with Gasteiger partial charge in [0.25, 0.3) is 0 Å². The van der Waals surface area contributed by atoms with Crippen LogP contribution in [0, 0.1) is 0 Å². The van der Waals surface area contributed by atoms with Gasteiger partial charge in [0, 0.05) is 16.7 Å². The molecule has 0 aliphatic heterocycles. The molecule has 8 rings (SSSR count). The predicted molar refractivity (Wildman–Crippen MR) is 166 cm³/mol. The lowest BCUT2D eigenvalue weighted by atomic mass is 9.89. The third-order valence-electron chi connectivity index (χ3n) is 7.78. The van der Waals surface area contributed by atoms with Crippen molar-refractivity contribution in [1.29, 1.82) is 0 Å². The van der Waals surface area contributed by atoms with E-state index in [1.807, 2.05) is 12.1 Å². The molecule has 1 aromatic heterocycles. The highest BCUT2D eigenvalue weighted by molar-refractivity contribution is 7.22. The molecule has 0 saturated heterocycles. The van der Waals surface area contributed by atoms with Gasteiger partial charge in [0.05, 0.1) is 17.3 Å². The van der Waals surface area contributed by atoms with Gasteiger partial charge in [0.2, 0.25) is 0 Å². The van der Waals surface area contributed by atoms with Crippen molar-refractivity contribution in [2.45, 2.75) is 0 Å². The minimum atomic E-state index is 0.856. The molecular weight excluding hydrogens is 494 g/mol. The van der Waals surface area contributed by atoms with Gasteiger partial charge in [-0.3, -0.25) is 0 Å². The van der Waals surface area contributed by atoms with E-state index in [9.17, 15) is 0 Å². The molecule has 0 saturated carbocycles. The third kappa shape index (κ3) is 3.44. The van der Waals surface area contributed by atoms with Crippen molar-refractivity contribution >= 4 is 53.9 Å². The first kappa shape index (κ1) is 22.3. The topological polar surface area (TPSA) is 22.1 Å². The second kappa shape index (κ2) is 8.65. The van der Waals surface area contributed by atoms with Crippen molar-refractivity contribution in [3.05, 3.63) is 121 Å². The maximum atomic E-state index is 5.41. The maximum absolute atomic E-state index is 5.41. The molecule has 0 bridgehead atoms. The lowest BCUT2D eigenvalue weighted by Gasteiger charge is -2.15. The standard InChI is InChI=1S/C36H23NOS/c1-38-27-16-12-22(13-17-27)28-20-21-31(34-35(28)39-36(37-34)26-6-3-2-4-7-26)29-18-14-25-11-10-23-8-5-9-24-15-19-30(29)33(25)32(23)24/h2-21H,1H3. The second-order valence-corrected chi connectivity index (χ2v) is 10.9. The molecule has 8 aromatic rings. The van der Waals surface area contributed by atoms with E-state index in [0.29, 0.717) is 0 Å². The molecule has 0 unspecified atom stereocenters. The van der Waals surface area contributed by atoms with Crippen molar-refractivity contribution in [2.75, 3.05) is 7.11 Å². The van der Waals surface area contributed by atoms with Crippen LogP contribution in [0.4, 0.5) is 0 Å². The Hall–Kier alpha value is -4.73. The zero-order valence-electron chi connectivity index (χ0n) is 21.3. The molecule has 39 heavy (non-hydrogen) atoms. The van der Waals surface area contributed by atoms with Gasteiger partial charge in [-0.15, -0.1) is 11.3 Å². The normalized spacial score (nSPS) is 11.7. The first-order valence-electron chi connectivity index (χ1n) is 13.1. The van der Waals surface area contributed by atoms with E-state index in [1.54, 1.807) is 18.4 Å². The number of fused-ring (bicyclic) bond motifs is 1. The number of methoxy groups -OCH3 is 1. The Kier molecular flexibility index (Phi) is 4.94. The van der Waals surface area contributed by atoms with Crippen molar-refractivity contribution in [3.63, 3.8) is 0 Å². The van der Waals surface area contributed by atoms with Crippen molar-refractivity contribution in [3.8, 4) is 38.6 Å². The molecule has 184 valence electrons. The molecule has 7 aromatic carbocycles. The minimum absolute atomic E-state index is 0.856. The predicted octanol–water partition coefficient (Wildman–Crippen LogP) is 10.2. The van der Waals surface area contributed by atoms with E-state index in [1.165, 1.54) is 53.7 Å². The van der Waals surface area contributed by atoms with Crippen molar-refractivity contribution < 1.29 is 4.74 Å². The highest BCUT2D eigenvalue weighted by Gasteiger charge is 2.19. The molecule has 0 aliphatic carbocycles. The second-order valence-electron chi connectivity index (χ2n) is 9.92. The van der Waals surface area contributed by atoms with Crippen LogP contribution in [0.3, 0.4) is 0 Å². The van der Waals surface area contributed by atoms with Crippen LogP contribution in [0.5, 0.6) is 5.75 Å². The van der Waals surface area contributed by atoms with E-state index < -0.39 is 0 Å². The van der Waals surface area contributed by atoms with Crippen LogP contribution in [0.25, 0.3) is 75.4 Å². The van der Waals surface area contributed by atoms with Gasteiger partial charge in [-0.2, -0.15) is 0 Å². The molecule has 0 radical (unpaired) electrons. The Labute approximate surface area is 230 Å². The van der Waals surface area contributed by atoms with Gasteiger partial charge in [0.1, 0.15) is 10.8 Å². The van der Waals surface area contributed by atoms with Crippen LogP contribution < -0.4 is 4.74 Å². The largest absolute Gasteiger partial charge is 0.497 e. The Morgan fingerprint density at radius 1 is 0.538 bits per heavy atom. The van der Waals surface area contributed by atoms with Crippen molar-refractivity contribution in [1.82, 2.24) is 4.98 Å². The summed E-state index contributed by atoms with van der Waals surface area (Å²) in [5.74, 6) is 0.856. The van der Waals surface area contributed by atoms with Gasteiger partial charge in [0.15, 0.2) is 0 Å². The summed E-state index contributed by atoms with van der Waals surface area (Å²) in [6.45, 7) is 0. The number of benzene rings is 7. The molecule has 0 spiro atoms. The highest BCUT2D eigenvalue weighted by Crippen LogP contribution is 2.45. The number of rotatable bonds is 4. The quantitative estimate of drug-likeness (QED) is 0.217. The minimum Gasteiger partial charge on any atom is -0.497 e. The average Bonchev–Trinajstić information content (AvgIpc) is 3.46. The molecule has 0 atom stereocenters. The summed E-state index contributed by atoms with van der Waals surface area (Å²) in [5, 5.41) is 8.80. The molecular formula is C36H23NOS. The van der Waals surface area contributed by atoms with Gasteiger partial charge < -0.3 is 4.74 Å². The summed E-state index contributed by atoms with van der Waals surface area (Å²) in [6, 6.07) is 43.4. The van der Waals surface area contributed by atoms with Gasteiger partial charge in [-0.25, -0.2) is 4.98 Å². The van der Waals surface area contributed by atoms with E-state index in [0.717, 1.165) is 27.4 Å². The fourth-order valence-electron chi connectivity index (χ4n) is 5.90. The summed E-state index contributed by atoms with van der Waals surface area (Å²) >= 11 is 1.76. The molecule has 0 fully saturated rings. The van der Waals surface area contributed by atoms with Gasteiger partial charge in [-0.05, 0) is 55.6 Å². The molecule has 3 heteroatoms. The number of thiazole rings is 1. The smallest absolute Gasteiger partial charge is 0.124 e. The number of hydrogen-bond acceptors (Lipinski definition) is 3. The van der Waals surface area contributed by atoms with Crippen LogP contribution in [0.15, 0.2) is 121 Å². The molecule has 0 N–H and O–H groups in total. The summed E-state index contributed by atoms with van der Waals surface area (Å²) < 4.78 is 6.61. The highest BCUT2D eigenvalue weighted by atomic mass is 32.1. The summed E-state index contributed by atoms with van der Waals surface area (Å²) in [5.41, 5.74) is 6.92. The lowest BCUT2D eigenvalue weighted by molar-refractivity contribution is 0.415. The maximum Gasteiger partial charge on any atom is 0.124 e. The summed E-state index contributed by atoms with van der Waals surface area (Å²) in [6.07, 6.45) is 0. The van der Waals surface area contributed by atoms with E-state index in [4.69, 9.17) is 9.72 Å². The van der Waals surface area contributed by atoms with Gasteiger partial charge in [-0.1, -0.05) is 109 Å². The van der Waals surface area contributed by atoms with E-state index in [2.05, 4.69) is 109 Å². The first-order valence-corrected chi connectivity index (χ1v) is 13.9. The lowest BCUT2D eigenvalue weighted by Crippen LogP contribution is -1.89. The summed E-state index contributed by atoms with van der Waals surface area (Å²) in [4.78, 5) is 5.28. The van der Waals surface area contributed by atoms with Crippen LogP contribution in [-0.4, -0.2) is 12.1 Å². The summed E-state index contributed by atoms with van der Waals surface area (Å²) in [7, 11) is 1.70. The Morgan fingerprint density at radius 3 is 1.97 bits per heavy atom. The fourth-order valence-corrected chi connectivity index (χ4v) is 7.03. The molecule has 0 aliphatic rings. The van der Waals surface area contributed by atoms with Crippen LogP contribution in [0.2, 0.25) is 0 Å². The monoisotopic (exact) mass is 517 g/mol. The number of aromatic nitrogens is 1. The number of nitrogens with zero attached hydrogens (tertiary/aromatic N) is 1. The van der Waals surface area contributed by atoms with E-state index in [-0.39, 0.29) is 0 Å². The molecule has 1 heterocycles. The van der Waals surface area contributed by atoms with Gasteiger partial charge >= 0.3 is 0 Å². The Bertz CT molecular complexity index is 2130. The van der Waals surface area contributed by atoms with Crippen LogP contribution >= 0.6 is 11.3 Å². The SMILES string of the molecule is COc1ccc(-c2ccc(-c3ccc4ccc5cccc6ccc3c4c56)c3nc(-c4ccccc4)sc23)cc1. The van der Waals surface area contributed by atoms with Crippen LogP contribution in [-0.2, 0) is 0 Å². The Balaban J connectivity index is 1.43. The average molecular weight is 518 g/mol. The zero-order valence-corrected chi connectivity index (χ0v) is 22.1. The zero-order chi connectivity index (χ0) is 25.9. The molecule has 2 nitrogen and oxygen atoms in total. The fraction of sp³-hybridized carbons (Fsp3) is 0.0278.